The summed E-state index contributed by atoms with van der Waals surface area (Å²) in [5.41, 5.74) is 3.19. The van der Waals surface area contributed by atoms with Crippen LogP contribution in [0.4, 0.5) is 5.69 Å². The first kappa shape index (κ1) is 16.2. The Morgan fingerprint density at radius 2 is 1.88 bits per heavy atom. The van der Waals surface area contributed by atoms with Crippen molar-refractivity contribution in [1.29, 1.82) is 0 Å². The van der Waals surface area contributed by atoms with Crippen LogP contribution in [0.3, 0.4) is 0 Å². The summed E-state index contributed by atoms with van der Waals surface area (Å²) in [6, 6.07) is 5.36. The largest absolute Gasteiger partial charge is 0.361 e. The number of hydrogen-bond donors (Lipinski definition) is 1. The van der Waals surface area contributed by atoms with Crippen molar-refractivity contribution < 1.29 is 14.1 Å². The van der Waals surface area contributed by atoms with Crippen LogP contribution in [0.15, 0.2) is 22.7 Å². The van der Waals surface area contributed by atoms with E-state index in [1.54, 1.807) is 26.0 Å². The van der Waals surface area contributed by atoms with Crippen LogP contribution in [0.2, 0.25) is 0 Å². The molecule has 0 radical (unpaired) electrons. The number of aryl methyl sites for hydroxylation is 3. The molecule has 2 amide bonds. The number of likely N-dealkylation sites (tertiary alicyclic amines) is 1. The Hall–Kier alpha value is -2.63. The summed E-state index contributed by atoms with van der Waals surface area (Å²) in [5, 5.41) is 6.66. The topological polar surface area (TPSA) is 75.4 Å². The minimum atomic E-state index is -0.257. The number of aromatic nitrogens is 1. The van der Waals surface area contributed by atoms with Crippen LogP contribution in [0, 0.1) is 20.8 Å². The summed E-state index contributed by atoms with van der Waals surface area (Å²) in [6.07, 6.45) is 2.13. The fraction of sp³-hybridized carbons (Fsp3) is 0.389. The highest BCUT2D eigenvalue weighted by Crippen LogP contribution is 2.21. The van der Waals surface area contributed by atoms with Gasteiger partial charge in [0, 0.05) is 24.3 Å². The lowest BCUT2D eigenvalue weighted by Gasteiger charge is -2.16. The first-order chi connectivity index (χ1) is 11.5. The molecule has 0 aliphatic carbocycles. The van der Waals surface area contributed by atoms with Crippen molar-refractivity contribution >= 4 is 17.5 Å². The second kappa shape index (κ2) is 6.47. The maximum atomic E-state index is 12.4. The minimum absolute atomic E-state index is 0.0548. The van der Waals surface area contributed by atoms with Gasteiger partial charge in [-0.15, -0.1) is 0 Å². The predicted octanol–water partition coefficient (Wildman–Crippen LogP) is 3.09. The highest BCUT2D eigenvalue weighted by Gasteiger charge is 2.21. The van der Waals surface area contributed by atoms with E-state index in [2.05, 4.69) is 10.5 Å². The number of nitrogens with one attached hydrogen (secondary N) is 1. The molecule has 2 aromatic rings. The molecule has 1 aromatic carbocycles. The SMILES string of the molecule is Cc1cc(C(=O)N2CCCC2)ccc1NC(=O)c1c(C)noc1C. The Balaban J connectivity index is 1.78. The fourth-order valence-corrected chi connectivity index (χ4v) is 3.03. The van der Waals surface area contributed by atoms with E-state index >= 15 is 0 Å². The smallest absolute Gasteiger partial charge is 0.261 e. The minimum Gasteiger partial charge on any atom is -0.361 e. The lowest BCUT2D eigenvalue weighted by atomic mass is 10.1. The number of benzene rings is 1. The quantitative estimate of drug-likeness (QED) is 0.940. The second-order valence-corrected chi connectivity index (χ2v) is 6.18. The van der Waals surface area contributed by atoms with Crippen LogP contribution in [-0.4, -0.2) is 35.0 Å². The van der Waals surface area contributed by atoms with Crippen LogP contribution in [-0.2, 0) is 0 Å². The molecule has 1 saturated heterocycles. The van der Waals surface area contributed by atoms with Crippen molar-refractivity contribution in [3.05, 3.63) is 46.3 Å². The molecule has 6 heteroatoms. The molecule has 126 valence electrons. The molecule has 0 unspecified atom stereocenters. The number of hydrogen-bond acceptors (Lipinski definition) is 4. The van der Waals surface area contributed by atoms with E-state index in [9.17, 15) is 9.59 Å². The molecule has 1 aliphatic heterocycles. The molecule has 1 fully saturated rings. The van der Waals surface area contributed by atoms with Crippen molar-refractivity contribution in [3.8, 4) is 0 Å². The van der Waals surface area contributed by atoms with Gasteiger partial charge in [-0.3, -0.25) is 9.59 Å². The van der Waals surface area contributed by atoms with E-state index in [1.165, 1.54) is 0 Å². The third kappa shape index (κ3) is 3.04. The molecule has 0 bridgehead atoms. The molecule has 24 heavy (non-hydrogen) atoms. The standard InChI is InChI=1S/C18H21N3O3/c1-11-10-14(18(23)21-8-4-5-9-21)6-7-15(11)19-17(22)16-12(2)20-24-13(16)3/h6-7,10H,4-5,8-9H2,1-3H3,(H,19,22). The second-order valence-electron chi connectivity index (χ2n) is 6.18. The van der Waals surface area contributed by atoms with Gasteiger partial charge in [-0.2, -0.15) is 0 Å². The van der Waals surface area contributed by atoms with Crippen molar-refractivity contribution in [2.24, 2.45) is 0 Å². The van der Waals surface area contributed by atoms with Crippen molar-refractivity contribution in [2.75, 3.05) is 18.4 Å². The summed E-state index contributed by atoms with van der Waals surface area (Å²) < 4.78 is 5.03. The molecule has 1 aliphatic rings. The molecular weight excluding hydrogens is 306 g/mol. The average Bonchev–Trinajstić information content (AvgIpc) is 3.19. The molecule has 1 N–H and O–H groups in total. The number of rotatable bonds is 3. The zero-order chi connectivity index (χ0) is 17.3. The monoisotopic (exact) mass is 327 g/mol. The van der Waals surface area contributed by atoms with Gasteiger partial charge in [-0.25, -0.2) is 0 Å². The Bertz CT molecular complexity index is 769. The summed E-state index contributed by atoms with van der Waals surface area (Å²) in [5.74, 6) is 0.288. The van der Waals surface area contributed by atoms with Gasteiger partial charge < -0.3 is 14.7 Å². The lowest BCUT2D eigenvalue weighted by molar-refractivity contribution is 0.0792. The van der Waals surface area contributed by atoms with Gasteiger partial charge in [0.15, 0.2) is 0 Å². The van der Waals surface area contributed by atoms with Crippen molar-refractivity contribution in [3.63, 3.8) is 0 Å². The zero-order valence-corrected chi connectivity index (χ0v) is 14.2. The van der Waals surface area contributed by atoms with Crippen molar-refractivity contribution in [1.82, 2.24) is 10.1 Å². The summed E-state index contributed by atoms with van der Waals surface area (Å²) in [6.45, 7) is 6.96. The molecule has 0 spiro atoms. The third-order valence-corrected chi connectivity index (χ3v) is 4.38. The third-order valence-electron chi connectivity index (χ3n) is 4.38. The van der Waals surface area contributed by atoms with Crippen LogP contribution in [0.1, 0.15) is 50.6 Å². The molecule has 6 nitrogen and oxygen atoms in total. The highest BCUT2D eigenvalue weighted by atomic mass is 16.5. The van der Waals surface area contributed by atoms with Crippen molar-refractivity contribution in [2.45, 2.75) is 33.6 Å². The van der Waals surface area contributed by atoms with E-state index in [4.69, 9.17) is 4.52 Å². The Morgan fingerprint density at radius 3 is 2.46 bits per heavy atom. The maximum Gasteiger partial charge on any atom is 0.261 e. The number of nitrogens with zero attached hydrogens (tertiary/aromatic N) is 2. The molecule has 3 rings (SSSR count). The normalized spacial score (nSPS) is 14.0. The number of anilines is 1. The number of amides is 2. The molecule has 0 saturated carbocycles. The number of carbonyl (C=O) groups is 2. The Kier molecular flexibility index (Phi) is 4.38. The summed E-state index contributed by atoms with van der Waals surface area (Å²) in [4.78, 5) is 26.7. The van der Waals surface area contributed by atoms with Crippen LogP contribution < -0.4 is 5.32 Å². The molecule has 1 aromatic heterocycles. The van der Waals surface area contributed by atoms with E-state index in [0.717, 1.165) is 31.5 Å². The van der Waals surface area contributed by atoms with Gasteiger partial charge in [0.2, 0.25) is 0 Å². The van der Waals surface area contributed by atoms with Gasteiger partial charge in [-0.1, -0.05) is 5.16 Å². The summed E-state index contributed by atoms with van der Waals surface area (Å²) >= 11 is 0. The first-order valence-electron chi connectivity index (χ1n) is 8.11. The van der Waals surface area contributed by atoms with Gasteiger partial charge in [-0.05, 0) is 57.4 Å². The van der Waals surface area contributed by atoms with Gasteiger partial charge in [0.25, 0.3) is 11.8 Å². The van der Waals surface area contributed by atoms with Gasteiger partial charge in [0.1, 0.15) is 11.3 Å². The van der Waals surface area contributed by atoms with Crippen LogP contribution in [0.25, 0.3) is 0 Å². The van der Waals surface area contributed by atoms with Crippen LogP contribution >= 0.6 is 0 Å². The molecule has 0 atom stereocenters. The van der Waals surface area contributed by atoms with Crippen LogP contribution in [0.5, 0.6) is 0 Å². The Morgan fingerprint density at radius 1 is 1.17 bits per heavy atom. The zero-order valence-electron chi connectivity index (χ0n) is 14.2. The Labute approximate surface area is 140 Å². The molecular formula is C18H21N3O3. The van der Waals surface area contributed by atoms with Gasteiger partial charge >= 0.3 is 0 Å². The van der Waals surface area contributed by atoms with E-state index < -0.39 is 0 Å². The maximum absolute atomic E-state index is 12.4. The number of carbonyl (C=O) groups excluding carboxylic acids is 2. The summed E-state index contributed by atoms with van der Waals surface area (Å²) in [7, 11) is 0. The average molecular weight is 327 g/mol. The first-order valence-corrected chi connectivity index (χ1v) is 8.11. The lowest BCUT2D eigenvalue weighted by Crippen LogP contribution is -2.27. The van der Waals surface area contributed by atoms with E-state index in [0.29, 0.717) is 28.3 Å². The fourth-order valence-electron chi connectivity index (χ4n) is 3.03. The highest BCUT2D eigenvalue weighted by molar-refractivity contribution is 6.06. The predicted molar refractivity (Wildman–Crippen MR) is 90.2 cm³/mol. The van der Waals surface area contributed by atoms with E-state index in [-0.39, 0.29) is 11.8 Å². The molecule has 2 heterocycles. The van der Waals surface area contributed by atoms with E-state index in [1.807, 2.05) is 17.9 Å². The van der Waals surface area contributed by atoms with Gasteiger partial charge in [0.05, 0.1) is 5.69 Å².